The summed E-state index contributed by atoms with van der Waals surface area (Å²) in [4.78, 5) is 34.9. The number of nitrogens with one attached hydrogen (secondary N) is 2. The average molecular weight is 671 g/mol. The van der Waals surface area contributed by atoms with Gasteiger partial charge < -0.3 is 39.1 Å². The van der Waals surface area contributed by atoms with Crippen LogP contribution in [0.25, 0.3) is 11.4 Å². The summed E-state index contributed by atoms with van der Waals surface area (Å²) in [7, 11) is 0. The van der Waals surface area contributed by atoms with Gasteiger partial charge in [0.25, 0.3) is 11.8 Å². The topological polar surface area (TPSA) is 139 Å². The smallest absolute Gasteiger partial charge is 0.251 e. The van der Waals surface area contributed by atoms with E-state index in [4.69, 9.17) is 28.4 Å². The van der Waals surface area contributed by atoms with Crippen LogP contribution < -0.4 is 20.1 Å². The molecule has 49 heavy (non-hydrogen) atoms. The second-order valence-electron chi connectivity index (χ2n) is 11.1. The van der Waals surface area contributed by atoms with E-state index in [-0.39, 0.29) is 18.4 Å². The van der Waals surface area contributed by atoms with E-state index in [0.717, 1.165) is 16.7 Å². The van der Waals surface area contributed by atoms with Gasteiger partial charge in [0.05, 0.1) is 64.2 Å². The van der Waals surface area contributed by atoms with Gasteiger partial charge in [-0.15, -0.1) is 0 Å². The second kappa shape index (κ2) is 19.2. The number of amides is 2. The molecule has 12 heteroatoms. The number of fused-ring (bicyclic) bond motifs is 1. The van der Waals surface area contributed by atoms with E-state index in [1.807, 2.05) is 43.3 Å². The number of aromatic nitrogens is 2. The molecule has 2 aromatic heterocycles. The van der Waals surface area contributed by atoms with Gasteiger partial charge in [0.1, 0.15) is 13.2 Å². The van der Waals surface area contributed by atoms with Crippen LogP contribution in [0.4, 0.5) is 0 Å². The van der Waals surface area contributed by atoms with Gasteiger partial charge in [0.15, 0.2) is 11.5 Å². The summed E-state index contributed by atoms with van der Waals surface area (Å²) >= 11 is 0. The molecule has 0 bridgehead atoms. The van der Waals surface area contributed by atoms with Gasteiger partial charge in [-0.1, -0.05) is 24.3 Å². The van der Waals surface area contributed by atoms with Crippen molar-refractivity contribution in [2.45, 2.75) is 20.0 Å². The molecule has 1 aliphatic heterocycles. The molecule has 1 aliphatic rings. The monoisotopic (exact) mass is 670 g/mol. The molecule has 2 N–H and O–H groups in total. The number of rotatable bonds is 7. The summed E-state index contributed by atoms with van der Waals surface area (Å²) < 4.78 is 33.9. The molecule has 258 valence electrons. The van der Waals surface area contributed by atoms with Crippen molar-refractivity contribution in [2.75, 3.05) is 66.1 Å². The van der Waals surface area contributed by atoms with E-state index in [1.54, 1.807) is 42.7 Å². The van der Waals surface area contributed by atoms with Crippen LogP contribution in [-0.2, 0) is 32.0 Å². The van der Waals surface area contributed by atoms with Gasteiger partial charge in [-0.3, -0.25) is 19.6 Å². The molecule has 12 nitrogen and oxygen atoms in total. The first-order chi connectivity index (χ1) is 24.0. The highest BCUT2D eigenvalue weighted by Gasteiger charge is 2.14. The highest BCUT2D eigenvalue weighted by atomic mass is 16.6. The van der Waals surface area contributed by atoms with Crippen molar-refractivity contribution in [2.24, 2.45) is 0 Å². The van der Waals surface area contributed by atoms with Crippen molar-refractivity contribution < 1.29 is 38.0 Å². The maximum absolute atomic E-state index is 13.2. The molecular formula is C37H42N4O8. The summed E-state index contributed by atoms with van der Waals surface area (Å²) in [5.41, 5.74) is 5.11. The minimum absolute atomic E-state index is 0.219. The molecule has 0 aliphatic carbocycles. The number of aryl methyl sites for hydroxylation is 1. The summed E-state index contributed by atoms with van der Waals surface area (Å²) in [6.45, 7) is 6.72. The van der Waals surface area contributed by atoms with Crippen molar-refractivity contribution >= 4 is 11.8 Å². The molecule has 0 radical (unpaired) electrons. The van der Waals surface area contributed by atoms with Crippen LogP contribution in [0.2, 0.25) is 0 Å². The molecule has 0 saturated carbocycles. The molecule has 0 saturated heterocycles. The van der Waals surface area contributed by atoms with E-state index in [2.05, 4.69) is 20.6 Å². The standard InChI is InChI=1S/C37H42N4O8/c1-27-7-9-38-32(21-27)33-23-31(8-10-39-33)37(43)41-26-29-4-2-3-28(22-29)25-40-36(42)30-5-6-34-35(24-30)49-20-18-47-16-14-45-12-11-44-13-15-46-17-19-48-34/h2-10,21-24H,11-20,25-26H2,1H3,(H,40,42)(H,41,43). The first kappa shape index (κ1) is 35.4. The third-order valence-electron chi connectivity index (χ3n) is 7.39. The quantitative estimate of drug-likeness (QED) is 0.295. The molecule has 0 unspecified atom stereocenters. The Bertz CT molecular complexity index is 1670. The van der Waals surface area contributed by atoms with Crippen LogP contribution in [0, 0.1) is 6.92 Å². The Morgan fingerprint density at radius 3 is 1.67 bits per heavy atom. The van der Waals surface area contributed by atoms with Crippen LogP contribution in [0.1, 0.15) is 37.4 Å². The lowest BCUT2D eigenvalue weighted by atomic mass is 10.1. The first-order valence-electron chi connectivity index (χ1n) is 16.3. The van der Waals surface area contributed by atoms with Crippen LogP contribution >= 0.6 is 0 Å². The van der Waals surface area contributed by atoms with Crippen molar-refractivity contribution in [3.05, 3.63) is 107 Å². The lowest BCUT2D eigenvalue weighted by Crippen LogP contribution is -2.24. The number of carbonyl (C=O) groups is 2. The van der Waals surface area contributed by atoms with Gasteiger partial charge in [0, 0.05) is 36.6 Å². The minimum Gasteiger partial charge on any atom is -0.487 e. The fraction of sp³-hybridized carbons (Fsp3) is 0.351. The predicted molar refractivity (Wildman–Crippen MR) is 182 cm³/mol. The van der Waals surface area contributed by atoms with E-state index in [1.165, 1.54) is 0 Å². The maximum atomic E-state index is 13.2. The zero-order valence-electron chi connectivity index (χ0n) is 27.7. The number of carbonyl (C=O) groups excluding carboxylic acids is 2. The number of pyridine rings is 2. The Hall–Kier alpha value is -4.88. The van der Waals surface area contributed by atoms with E-state index in [0.29, 0.717) is 107 Å². The largest absolute Gasteiger partial charge is 0.487 e. The molecule has 0 atom stereocenters. The fourth-order valence-electron chi connectivity index (χ4n) is 4.87. The lowest BCUT2D eigenvalue weighted by molar-refractivity contribution is -0.00842. The molecular weight excluding hydrogens is 628 g/mol. The normalized spacial score (nSPS) is 15.0. The molecule has 4 aromatic rings. The maximum Gasteiger partial charge on any atom is 0.251 e. The number of nitrogens with zero attached hydrogens (tertiary/aromatic N) is 2. The molecule has 5 rings (SSSR count). The Kier molecular flexibility index (Phi) is 13.9. The Morgan fingerprint density at radius 1 is 0.571 bits per heavy atom. The summed E-state index contributed by atoms with van der Waals surface area (Å²) in [5, 5.41) is 5.93. The van der Waals surface area contributed by atoms with Gasteiger partial charge in [-0.2, -0.15) is 0 Å². The lowest BCUT2D eigenvalue weighted by Gasteiger charge is -2.15. The summed E-state index contributed by atoms with van der Waals surface area (Å²) in [6, 6.07) is 20.0. The van der Waals surface area contributed by atoms with Crippen molar-refractivity contribution in [3.63, 3.8) is 0 Å². The number of benzene rings is 2. The Labute approximate surface area is 286 Å². The number of ether oxygens (including phenoxy) is 6. The average Bonchev–Trinajstić information content (AvgIpc) is 3.13. The van der Waals surface area contributed by atoms with Gasteiger partial charge in [-0.05, 0) is 66.1 Å². The Balaban J connectivity index is 1.14. The third-order valence-corrected chi connectivity index (χ3v) is 7.39. The molecule has 0 fully saturated rings. The molecule has 2 aromatic carbocycles. The predicted octanol–water partition coefficient (Wildman–Crippen LogP) is 4.15. The second-order valence-corrected chi connectivity index (χ2v) is 11.1. The fourth-order valence-corrected chi connectivity index (χ4v) is 4.87. The van der Waals surface area contributed by atoms with Crippen LogP contribution in [0.5, 0.6) is 11.5 Å². The molecule has 3 heterocycles. The van der Waals surface area contributed by atoms with Crippen LogP contribution in [0.3, 0.4) is 0 Å². The molecule has 0 spiro atoms. The van der Waals surface area contributed by atoms with Crippen molar-refractivity contribution in [1.29, 1.82) is 0 Å². The number of hydrogen-bond acceptors (Lipinski definition) is 10. The van der Waals surface area contributed by atoms with E-state index in [9.17, 15) is 9.59 Å². The van der Waals surface area contributed by atoms with Crippen LogP contribution in [0.15, 0.2) is 79.1 Å². The molecule has 2 amide bonds. The highest BCUT2D eigenvalue weighted by Crippen LogP contribution is 2.29. The van der Waals surface area contributed by atoms with Crippen molar-refractivity contribution in [3.8, 4) is 22.9 Å². The van der Waals surface area contributed by atoms with Gasteiger partial charge in [-0.25, -0.2) is 0 Å². The van der Waals surface area contributed by atoms with Crippen molar-refractivity contribution in [1.82, 2.24) is 20.6 Å². The SMILES string of the molecule is Cc1ccnc(-c2cc(C(=O)NCc3cccc(CNC(=O)c4ccc5c(c4)OCCOCCOCCOCCOCCO5)c3)ccn2)c1. The summed E-state index contributed by atoms with van der Waals surface area (Å²) in [6.07, 6.45) is 3.33. The van der Waals surface area contributed by atoms with E-state index < -0.39 is 0 Å². The number of hydrogen-bond donors (Lipinski definition) is 2. The zero-order chi connectivity index (χ0) is 34.1. The third kappa shape index (κ3) is 11.6. The van der Waals surface area contributed by atoms with Gasteiger partial charge >= 0.3 is 0 Å². The van der Waals surface area contributed by atoms with E-state index >= 15 is 0 Å². The Morgan fingerprint density at radius 2 is 1.08 bits per heavy atom. The minimum atomic E-state index is -0.266. The zero-order valence-corrected chi connectivity index (χ0v) is 27.7. The van der Waals surface area contributed by atoms with Gasteiger partial charge in [0.2, 0.25) is 0 Å². The van der Waals surface area contributed by atoms with Crippen LogP contribution in [-0.4, -0.2) is 87.9 Å². The highest BCUT2D eigenvalue weighted by molar-refractivity contribution is 5.95. The summed E-state index contributed by atoms with van der Waals surface area (Å²) in [5.74, 6) is 0.456. The first-order valence-corrected chi connectivity index (χ1v) is 16.3.